The third-order valence-electron chi connectivity index (χ3n) is 8.70. The minimum absolute atomic E-state index is 0.0595. The molecule has 3 heterocycles. The first-order valence-corrected chi connectivity index (χ1v) is 15.4. The molecule has 3 aliphatic rings. The van der Waals surface area contributed by atoms with Gasteiger partial charge in [-0.2, -0.15) is 0 Å². The maximum atomic E-state index is 13.7. The smallest absolute Gasteiger partial charge is 0.142 e. The summed E-state index contributed by atoms with van der Waals surface area (Å²) in [5, 5.41) is 3.44. The maximum absolute atomic E-state index is 13.7. The largest absolute Gasteiger partial charge is 0.490 e. The predicted molar refractivity (Wildman–Crippen MR) is 167 cm³/mol. The molecule has 0 aliphatic carbocycles. The second-order valence-electron chi connectivity index (χ2n) is 11.7. The van der Waals surface area contributed by atoms with Crippen LogP contribution in [0.4, 0.5) is 15.8 Å². The Hall–Kier alpha value is -3.37. The van der Waals surface area contributed by atoms with Crippen molar-refractivity contribution in [3.8, 4) is 11.5 Å². The van der Waals surface area contributed by atoms with E-state index in [4.69, 9.17) is 24.7 Å². The van der Waals surface area contributed by atoms with E-state index in [0.717, 1.165) is 92.7 Å². The van der Waals surface area contributed by atoms with Crippen molar-refractivity contribution in [3.63, 3.8) is 0 Å². The molecule has 2 fully saturated rings. The summed E-state index contributed by atoms with van der Waals surface area (Å²) >= 11 is 0. The van der Waals surface area contributed by atoms with Gasteiger partial charge in [-0.25, -0.2) is 4.39 Å². The second kappa shape index (κ2) is 13.9. The van der Waals surface area contributed by atoms with Crippen molar-refractivity contribution in [1.29, 1.82) is 0 Å². The fourth-order valence-corrected chi connectivity index (χ4v) is 6.48. The van der Waals surface area contributed by atoms with Crippen molar-refractivity contribution in [2.75, 3.05) is 69.4 Å². The molecule has 6 rings (SSSR count). The van der Waals surface area contributed by atoms with Crippen molar-refractivity contribution >= 4 is 11.4 Å². The van der Waals surface area contributed by atoms with Crippen LogP contribution in [0.1, 0.15) is 29.9 Å². The summed E-state index contributed by atoms with van der Waals surface area (Å²) in [6.07, 6.45) is 1.87. The fraction of sp³-hybridized carbons (Fsp3) is 0.471. The van der Waals surface area contributed by atoms with Gasteiger partial charge in [0.25, 0.3) is 0 Å². The zero-order valence-corrected chi connectivity index (χ0v) is 24.9. The van der Waals surface area contributed by atoms with Crippen LogP contribution < -0.4 is 30.3 Å². The number of piperidine rings is 1. The molecular weight excluding hydrogens is 547 g/mol. The van der Waals surface area contributed by atoms with E-state index in [1.54, 1.807) is 19.2 Å². The van der Waals surface area contributed by atoms with Crippen molar-refractivity contribution in [3.05, 3.63) is 83.7 Å². The van der Waals surface area contributed by atoms with Crippen LogP contribution in [0, 0.1) is 5.82 Å². The molecule has 0 saturated carbocycles. The van der Waals surface area contributed by atoms with E-state index in [1.165, 1.54) is 6.07 Å². The van der Waals surface area contributed by atoms with E-state index in [0.29, 0.717) is 13.2 Å². The summed E-state index contributed by atoms with van der Waals surface area (Å²) < 4.78 is 37.7. The van der Waals surface area contributed by atoms with E-state index >= 15 is 0 Å². The van der Waals surface area contributed by atoms with Gasteiger partial charge >= 0.3 is 0 Å². The van der Waals surface area contributed by atoms with E-state index in [9.17, 15) is 4.39 Å². The molecule has 43 heavy (non-hydrogen) atoms. The van der Waals surface area contributed by atoms with Crippen LogP contribution in [0.5, 0.6) is 11.5 Å². The van der Waals surface area contributed by atoms with Gasteiger partial charge in [-0.1, -0.05) is 24.3 Å². The van der Waals surface area contributed by atoms with Gasteiger partial charge in [-0.15, -0.1) is 0 Å². The lowest BCUT2D eigenvalue weighted by Crippen LogP contribution is -2.53. The van der Waals surface area contributed by atoms with Crippen molar-refractivity contribution in [1.82, 2.24) is 5.32 Å². The van der Waals surface area contributed by atoms with Gasteiger partial charge in [-0.3, -0.25) is 0 Å². The number of nitrogens with two attached hydrogens (primary N) is 1. The molecule has 0 unspecified atom stereocenters. The van der Waals surface area contributed by atoms with Gasteiger partial charge in [0.05, 0.1) is 31.5 Å². The number of methoxy groups -OCH3 is 1. The summed E-state index contributed by atoms with van der Waals surface area (Å²) in [6.45, 7) is 6.81. The average Bonchev–Trinajstić information content (AvgIpc) is 3.49. The number of benzene rings is 3. The number of halogens is 1. The molecule has 0 aromatic heterocycles. The first-order valence-electron chi connectivity index (χ1n) is 15.4. The highest BCUT2D eigenvalue weighted by Crippen LogP contribution is 2.34. The van der Waals surface area contributed by atoms with Crippen molar-refractivity contribution in [2.24, 2.45) is 5.73 Å². The predicted octanol–water partition coefficient (Wildman–Crippen LogP) is 4.32. The molecule has 8 nitrogen and oxygen atoms in total. The standard InChI is InChI=1S/C34H43FN4O4/c1-40-16-3-13-38-15-17-41-32-11-6-24(18-31(32)38)23-42-33-21-37-20-30(36)34(33)25-7-9-28(10-8-25)43-29-12-14-39(22-29)27-5-2-4-26(35)19-27/h2,4-11,18-19,29-30,33-34,37H,3,12-17,20-23,36H2,1H3/t29-,30-,33-,34-/m0/s1. The Kier molecular flexibility index (Phi) is 9.63. The number of ether oxygens (including phenoxy) is 4. The number of rotatable bonds is 11. The minimum atomic E-state index is -0.214. The first kappa shape index (κ1) is 29.7. The monoisotopic (exact) mass is 590 g/mol. The van der Waals surface area contributed by atoms with Gasteiger partial charge in [0.1, 0.15) is 30.0 Å². The molecular formula is C34H43FN4O4. The number of fused-ring (bicyclic) bond motifs is 1. The van der Waals surface area contributed by atoms with E-state index < -0.39 is 0 Å². The Labute approximate surface area is 253 Å². The Morgan fingerprint density at radius 3 is 2.77 bits per heavy atom. The second-order valence-corrected chi connectivity index (χ2v) is 11.7. The molecule has 0 radical (unpaired) electrons. The average molecular weight is 591 g/mol. The molecule has 4 atom stereocenters. The van der Waals surface area contributed by atoms with Crippen LogP contribution in [0.25, 0.3) is 0 Å². The van der Waals surface area contributed by atoms with Crippen LogP contribution in [-0.4, -0.2) is 77.8 Å². The molecule has 3 aromatic carbocycles. The molecule has 0 spiro atoms. The van der Waals surface area contributed by atoms with Gasteiger partial charge in [0, 0.05) is 64.0 Å². The molecule has 2 saturated heterocycles. The lowest BCUT2D eigenvalue weighted by Gasteiger charge is -2.37. The number of hydrogen-bond acceptors (Lipinski definition) is 8. The summed E-state index contributed by atoms with van der Waals surface area (Å²) in [5.41, 5.74) is 10.9. The first-order chi connectivity index (χ1) is 21.1. The Bertz CT molecular complexity index is 1340. The van der Waals surface area contributed by atoms with E-state index in [-0.39, 0.29) is 30.0 Å². The molecule has 0 bridgehead atoms. The highest BCUT2D eigenvalue weighted by molar-refractivity contribution is 5.61. The lowest BCUT2D eigenvalue weighted by atomic mass is 9.84. The minimum Gasteiger partial charge on any atom is -0.490 e. The third-order valence-corrected chi connectivity index (χ3v) is 8.70. The summed E-state index contributed by atoms with van der Waals surface area (Å²) in [7, 11) is 1.74. The fourth-order valence-electron chi connectivity index (χ4n) is 6.48. The van der Waals surface area contributed by atoms with Gasteiger partial charge < -0.3 is 39.8 Å². The van der Waals surface area contributed by atoms with E-state index in [2.05, 4.69) is 45.4 Å². The van der Waals surface area contributed by atoms with Gasteiger partial charge in [-0.05, 0) is 60.0 Å². The highest BCUT2D eigenvalue weighted by Gasteiger charge is 2.33. The summed E-state index contributed by atoms with van der Waals surface area (Å²) in [5.74, 6) is 1.61. The van der Waals surface area contributed by atoms with Gasteiger partial charge in [0.2, 0.25) is 0 Å². The quantitative estimate of drug-likeness (QED) is 0.320. The molecule has 9 heteroatoms. The zero-order valence-electron chi connectivity index (χ0n) is 24.9. The van der Waals surface area contributed by atoms with Crippen LogP contribution in [0.2, 0.25) is 0 Å². The number of hydrogen-bond donors (Lipinski definition) is 2. The highest BCUT2D eigenvalue weighted by atomic mass is 19.1. The lowest BCUT2D eigenvalue weighted by molar-refractivity contribution is 0.00529. The molecule has 230 valence electrons. The maximum Gasteiger partial charge on any atom is 0.142 e. The third kappa shape index (κ3) is 7.24. The number of anilines is 2. The topological polar surface area (TPSA) is 81.5 Å². The zero-order chi connectivity index (χ0) is 29.6. The van der Waals surface area contributed by atoms with Crippen LogP contribution in [0.3, 0.4) is 0 Å². The van der Waals surface area contributed by atoms with Crippen LogP contribution in [-0.2, 0) is 16.1 Å². The number of nitrogens with one attached hydrogen (secondary N) is 1. The Morgan fingerprint density at radius 1 is 1.05 bits per heavy atom. The normalized spacial score (nSPS) is 23.6. The van der Waals surface area contributed by atoms with E-state index in [1.807, 2.05) is 18.2 Å². The summed E-state index contributed by atoms with van der Waals surface area (Å²) in [4.78, 5) is 4.54. The molecule has 0 amide bonds. The molecule has 3 aromatic rings. The molecule has 3 N–H and O–H groups in total. The van der Waals surface area contributed by atoms with Crippen LogP contribution in [0.15, 0.2) is 66.7 Å². The SMILES string of the molecule is COCCCN1CCOc2ccc(CO[C@H]3CNC[C@H](N)[C@@H]3c3ccc(O[C@H]4CCN(c5cccc(F)c5)C4)cc3)cc21. The Morgan fingerprint density at radius 2 is 1.93 bits per heavy atom. The van der Waals surface area contributed by atoms with Crippen molar-refractivity contribution < 1.29 is 23.3 Å². The van der Waals surface area contributed by atoms with Gasteiger partial charge in [0.15, 0.2) is 0 Å². The Balaban J connectivity index is 1.07. The van der Waals surface area contributed by atoms with Crippen LogP contribution >= 0.6 is 0 Å². The summed E-state index contributed by atoms with van der Waals surface area (Å²) in [6, 6.07) is 21.3. The van der Waals surface area contributed by atoms with Crippen molar-refractivity contribution in [2.45, 2.75) is 43.6 Å². The number of nitrogens with zero attached hydrogens (tertiary/aromatic N) is 2. The molecule has 3 aliphatic heterocycles.